The van der Waals surface area contributed by atoms with Gasteiger partial charge in [0.05, 0.1) is 18.6 Å². The molecule has 0 spiro atoms. The van der Waals surface area contributed by atoms with Crippen LogP contribution >= 0.6 is 0 Å². The molecular weight excluding hydrogens is 344 g/mol. The molecule has 0 bridgehead atoms. The third-order valence-corrected chi connectivity index (χ3v) is 6.33. The van der Waals surface area contributed by atoms with Crippen LogP contribution in [0.25, 0.3) is 0 Å². The highest BCUT2D eigenvalue weighted by atomic mass is 32.2. The summed E-state index contributed by atoms with van der Waals surface area (Å²) in [7, 11) is -0.419. The zero-order chi connectivity index (χ0) is 18.4. The zero-order valence-electron chi connectivity index (χ0n) is 14.9. The molecule has 1 aromatic rings. The van der Waals surface area contributed by atoms with Gasteiger partial charge in [0.15, 0.2) is 0 Å². The molecule has 0 radical (unpaired) electrons. The van der Waals surface area contributed by atoms with Crippen molar-refractivity contribution in [2.45, 2.75) is 24.7 Å². The topological polar surface area (TPSA) is 84.9 Å². The summed E-state index contributed by atoms with van der Waals surface area (Å²) >= 11 is 0. The predicted molar refractivity (Wildman–Crippen MR) is 94.1 cm³/mol. The van der Waals surface area contributed by atoms with Crippen molar-refractivity contribution in [2.75, 3.05) is 40.5 Å². The van der Waals surface area contributed by atoms with Crippen molar-refractivity contribution in [2.24, 2.45) is 5.92 Å². The minimum absolute atomic E-state index is 0.0330. The maximum Gasteiger partial charge on any atom is 0.243 e. The van der Waals surface area contributed by atoms with Gasteiger partial charge in [0.1, 0.15) is 5.75 Å². The van der Waals surface area contributed by atoms with Gasteiger partial charge in [0.2, 0.25) is 15.9 Å². The zero-order valence-corrected chi connectivity index (χ0v) is 15.8. The van der Waals surface area contributed by atoms with Gasteiger partial charge in [0, 0.05) is 32.7 Å². The summed E-state index contributed by atoms with van der Waals surface area (Å²) in [6.07, 6.45) is 1.04. The molecule has 8 heteroatoms. The Morgan fingerprint density at radius 2 is 1.96 bits per heavy atom. The van der Waals surface area contributed by atoms with Crippen molar-refractivity contribution in [1.82, 2.24) is 9.62 Å². The van der Waals surface area contributed by atoms with E-state index in [4.69, 9.17) is 9.47 Å². The number of nitrogens with one attached hydrogen (secondary N) is 1. The summed E-state index contributed by atoms with van der Waals surface area (Å²) in [5.41, 5.74) is 0.774. The third-order valence-electron chi connectivity index (χ3n) is 4.43. The normalized spacial score (nSPS) is 16.6. The Hall–Kier alpha value is -1.64. The highest BCUT2D eigenvalue weighted by Crippen LogP contribution is 2.27. The van der Waals surface area contributed by atoms with E-state index in [1.54, 1.807) is 32.4 Å². The lowest BCUT2D eigenvalue weighted by atomic mass is 9.97. The first-order valence-electron chi connectivity index (χ1n) is 8.31. The molecule has 1 saturated heterocycles. The van der Waals surface area contributed by atoms with Crippen LogP contribution in [0.5, 0.6) is 5.75 Å². The highest BCUT2D eigenvalue weighted by Gasteiger charge is 2.32. The Morgan fingerprint density at radius 3 is 2.52 bits per heavy atom. The predicted octanol–water partition coefficient (Wildman–Crippen LogP) is 1.17. The van der Waals surface area contributed by atoms with Crippen LogP contribution in [-0.4, -0.2) is 59.1 Å². The number of benzene rings is 1. The first-order valence-corrected chi connectivity index (χ1v) is 9.75. The number of methoxy groups -OCH3 is 2. The molecule has 25 heavy (non-hydrogen) atoms. The van der Waals surface area contributed by atoms with Crippen LogP contribution in [0, 0.1) is 12.8 Å². The number of carbonyl (C=O) groups excluding carboxylic acids is 1. The monoisotopic (exact) mass is 370 g/mol. The van der Waals surface area contributed by atoms with Gasteiger partial charge in [-0.25, -0.2) is 8.42 Å². The van der Waals surface area contributed by atoms with E-state index in [2.05, 4.69) is 5.32 Å². The fraction of sp³-hybridized carbons (Fsp3) is 0.588. The van der Waals surface area contributed by atoms with E-state index in [0.29, 0.717) is 44.8 Å². The van der Waals surface area contributed by atoms with E-state index in [1.807, 2.05) is 6.92 Å². The van der Waals surface area contributed by atoms with Crippen molar-refractivity contribution >= 4 is 15.9 Å². The summed E-state index contributed by atoms with van der Waals surface area (Å²) in [4.78, 5) is 12.3. The lowest BCUT2D eigenvalue weighted by Crippen LogP contribution is -2.43. The molecule has 0 saturated carbocycles. The maximum atomic E-state index is 12.8. The number of hydrogen-bond donors (Lipinski definition) is 1. The molecule has 140 valence electrons. The van der Waals surface area contributed by atoms with Gasteiger partial charge in [-0.05, 0) is 43.5 Å². The molecule has 1 aliphatic rings. The minimum Gasteiger partial charge on any atom is -0.496 e. The van der Waals surface area contributed by atoms with Crippen LogP contribution in [0.3, 0.4) is 0 Å². The van der Waals surface area contributed by atoms with E-state index in [1.165, 1.54) is 4.31 Å². The molecule has 1 amide bonds. The van der Waals surface area contributed by atoms with Crippen LogP contribution in [0.2, 0.25) is 0 Å². The lowest BCUT2D eigenvalue weighted by Gasteiger charge is -2.30. The Morgan fingerprint density at radius 1 is 1.28 bits per heavy atom. The van der Waals surface area contributed by atoms with Crippen LogP contribution in [-0.2, 0) is 19.6 Å². The third kappa shape index (κ3) is 4.71. The second-order valence-corrected chi connectivity index (χ2v) is 8.03. The largest absolute Gasteiger partial charge is 0.496 e. The van der Waals surface area contributed by atoms with Crippen molar-refractivity contribution in [3.05, 3.63) is 23.8 Å². The Bertz CT molecular complexity index is 697. The van der Waals surface area contributed by atoms with E-state index in [-0.39, 0.29) is 16.7 Å². The number of piperidine rings is 1. The van der Waals surface area contributed by atoms with Gasteiger partial charge in [-0.2, -0.15) is 4.31 Å². The van der Waals surface area contributed by atoms with Gasteiger partial charge in [-0.15, -0.1) is 0 Å². The number of hydrogen-bond acceptors (Lipinski definition) is 5. The average molecular weight is 370 g/mol. The molecule has 1 aromatic carbocycles. The molecule has 1 fully saturated rings. The summed E-state index contributed by atoms with van der Waals surface area (Å²) < 4.78 is 37.1. The molecule has 0 aliphatic carbocycles. The molecule has 0 atom stereocenters. The number of amides is 1. The fourth-order valence-corrected chi connectivity index (χ4v) is 4.49. The molecule has 7 nitrogen and oxygen atoms in total. The molecule has 1 N–H and O–H groups in total. The van der Waals surface area contributed by atoms with Gasteiger partial charge >= 0.3 is 0 Å². The Balaban J connectivity index is 1.99. The van der Waals surface area contributed by atoms with Crippen LogP contribution < -0.4 is 10.1 Å². The second-order valence-electron chi connectivity index (χ2n) is 6.09. The van der Waals surface area contributed by atoms with E-state index in [9.17, 15) is 13.2 Å². The van der Waals surface area contributed by atoms with Crippen molar-refractivity contribution < 1.29 is 22.7 Å². The smallest absolute Gasteiger partial charge is 0.243 e. The number of rotatable bonds is 7. The molecule has 2 rings (SSSR count). The van der Waals surface area contributed by atoms with Gasteiger partial charge in [-0.3, -0.25) is 4.79 Å². The standard InChI is InChI=1S/C17H26N2O5S/c1-13-12-15(4-5-16(13)24-3)25(21,22)19-9-6-14(7-10-19)17(20)18-8-11-23-2/h4-5,12,14H,6-11H2,1-3H3,(H,18,20). The highest BCUT2D eigenvalue weighted by molar-refractivity contribution is 7.89. The van der Waals surface area contributed by atoms with Gasteiger partial charge in [-0.1, -0.05) is 0 Å². The van der Waals surface area contributed by atoms with Crippen LogP contribution in [0.4, 0.5) is 0 Å². The first kappa shape index (κ1) is 19.7. The van der Waals surface area contributed by atoms with Gasteiger partial charge in [0.25, 0.3) is 0 Å². The van der Waals surface area contributed by atoms with Crippen molar-refractivity contribution in [3.63, 3.8) is 0 Å². The van der Waals surface area contributed by atoms with E-state index >= 15 is 0 Å². The minimum atomic E-state index is -3.55. The molecule has 0 unspecified atom stereocenters. The van der Waals surface area contributed by atoms with Crippen molar-refractivity contribution in [1.29, 1.82) is 0 Å². The first-order chi connectivity index (χ1) is 11.9. The maximum absolute atomic E-state index is 12.8. The summed E-state index contributed by atoms with van der Waals surface area (Å²) in [6.45, 7) is 3.44. The quantitative estimate of drug-likeness (QED) is 0.728. The summed E-state index contributed by atoms with van der Waals surface area (Å²) in [5, 5.41) is 2.81. The number of ether oxygens (including phenoxy) is 2. The number of sulfonamides is 1. The summed E-state index contributed by atoms with van der Waals surface area (Å²) in [5.74, 6) is 0.473. The molecular formula is C17H26N2O5S. The molecule has 0 aromatic heterocycles. The average Bonchev–Trinajstić information content (AvgIpc) is 2.61. The van der Waals surface area contributed by atoms with E-state index < -0.39 is 10.0 Å². The number of carbonyl (C=O) groups is 1. The molecule has 1 aliphatic heterocycles. The Kier molecular flexibility index (Phi) is 6.80. The Labute approximate surface area is 149 Å². The SMILES string of the molecule is COCCNC(=O)C1CCN(S(=O)(=O)c2ccc(OC)c(C)c2)CC1. The fourth-order valence-electron chi connectivity index (χ4n) is 2.94. The van der Waals surface area contributed by atoms with Crippen LogP contribution in [0.1, 0.15) is 18.4 Å². The lowest BCUT2D eigenvalue weighted by molar-refractivity contribution is -0.126. The number of nitrogens with zero attached hydrogens (tertiary/aromatic N) is 1. The van der Waals surface area contributed by atoms with E-state index in [0.717, 1.165) is 5.56 Å². The van der Waals surface area contributed by atoms with Gasteiger partial charge < -0.3 is 14.8 Å². The van der Waals surface area contributed by atoms with Crippen molar-refractivity contribution in [3.8, 4) is 5.75 Å². The summed E-state index contributed by atoms with van der Waals surface area (Å²) in [6, 6.07) is 4.85. The second kappa shape index (κ2) is 8.64. The van der Waals surface area contributed by atoms with Crippen LogP contribution in [0.15, 0.2) is 23.1 Å². The number of aryl methyl sites for hydroxylation is 1. The molecule has 1 heterocycles.